The third-order valence-corrected chi connectivity index (χ3v) is 4.66. The molecular formula is C12H19BrN2OS. The van der Waals surface area contributed by atoms with Gasteiger partial charge in [-0.2, -0.15) is 5.10 Å². The number of aromatic nitrogens is 2. The first kappa shape index (κ1) is 14.8. The van der Waals surface area contributed by atoms with Gasteiger partial charge < -0.3 is 0 Å². The lowest BCUT2D eigenvalue weighted by Gasteiger charge is -2.16. The summed E-state index contributed by atoms with van der Waals surface area (Å²) in [5, 5.41) is 4.28. The van der Waals surface area contributed by atoms with Crippen LogP contribution in [0.5, 0.6) is 0 Å². The first-order valence-electron chi connectivity index (χ1n) is 5.54. The molecule has 0 radical (unpaired) electrons. The number of carbonyl (C=O) groups excluding carboxylic acids is 1. The van der Waals surface area contributed by atoms with Crippen LogP contribution < -0.4 is 0 Å². The molecule has 0 saturated carbocycles. The molecule has 0 bridgehead atoms. The van der Waals surface area contributed by atoms with Crippen molar-refractivity contribution in [2.24, 2.45) is 7.05 Å². The van der Waals surface area contributed by atoms with Gasteiger partial charge in [0.05, 0.1) is 28.0 Å². The maximum Gasteiger partial charge on any atom is 0.148 e. The molecule has 0 spiro atoms. The molecule has 0 unspecified atom stereocenters. The van der Waals surface area contributed by atoms with Gasteiger partial charge >= 0.3 is 0 Å². The molecular weight excluding hydrogens is 300 g/mol. The second-order valence-electron chi connectivity index (χ2n) is 5.09. The monoisotopic (exact) mass is 318 g/mol. The van der Waals surface area contributed by atoms with Gasteiger partial charge in [-0.05, 0) is 22.9 Å². The van der Waals surface area contributed by atoms with Gasteiger partial charge in [-0.25, -0.2) is 0 Å². The van der Waals surface area contributed by atoms with Crippen LogP contribution in [0.2, 0.25) is 0 Å². The summed E-state index contributed by atoms with van der Waals surface area (Å²) < 4.78 is 2.86. The Kier molecular flexibility index (Phi) is 4.84. The van der Waals surface area contributed by atoms with Gasteiger partial charge in [0.25, 0.3) is 0 Å². The smallest absolute Gasteiger partial charge is 0.148 e. The van der Waals surface area contributed by atoms with E-state index in [4.69, 9.17) is 0 Å². The number of carbonyl (C=O) groups is 1. The fourth-order valence-electron chi connectivity index (χ4n) is 1.41. The lowest BCUT2D eigenvalue weighted by molar-refractivity contribution is -0.116. The van der Waals surface area contributed by atoms with Gasteiger partial charge in [0, 0.05) is 11.8 Å². The van der Waals surface area contributed by atoms with E-state index in [1.807, 2.05) is 14.0 Å². The SMILES string of the molecule is Cc1nn(C)c(CC(=O)CSC(C)(C)C)c1Br. The lowest BCUT2D eigenvalue weighted by Crippen LogP contribution is -2.15. The third kappa shape index (κ3) is 4.47. The Labute approximate surface area is 115 Å². The van der Waals surface area contributed by atoms with Gasteiger partial charge in [-0.15, -0.1) is 11.8 Å². The summed E-state index contributed by atoms with van der Waals surface area (Å²) in [7, 11) is 1.87. The van der Waals surface area contributed by atoms with Crippen LogP contribution in [0.3, 0.4) is 0 Å². The van der Waals surface area contributed by atoms with Crippen molar-refractivity contribution in [2.75, 3.05) is 5.75 Å². The number of ketones is 1. The fraction of sp³-hybridized carbons (Fsp3) is 0.667. The van der Waals surface area contributed by atoms with Gasteiger partial charge in [0.1, 0.15) is 5.78 Å². The molecule has 3 nitrogen and oxygen atoms in total. The largest absolute Gasteiger partial charge is 0.298 e. The zero-order chi connectivity index (χ0) is 13.2. The summed E-state index contributed by atoms with van der Waals surface area (Å²) in [4.78, 5) is 11.9. The second kappa shape index (κ2) is 5.57. The van der Waals surface area contributed by atoms with Gasteiger partial charge in [0.15, 0.2) is 0 Å². The summed E-state index contributed by atoms with van der Waals surface area (Å²) in [6, 6.07) is 0. The van der Waals surface area contributed by atoms with E-state index < -0.39 is 0 Å². The van der Waals surface area contributed by atoms with E-state index in [9.17, 15) is 4.79 Å². The van der Waals surface area contributed by atoms with Crippen molar-refractivity contribution in [3.63, 3.8) is 0 Å². The Hall–Kier alpha value is -0.290. The predicted octanol–water partition coefficient (Wildman–Crippen LogP) is 3.13. The fourth-order valence-corrected chi connectivity index (χ4v) is 2.58. The molecule has 0 aromatic carbocycles. The molecule has 0 atom stereocenters. The number of halogens is 1. The van der Waals surface area contributed by atoms with Crippen LogP contribution in [0.4, 0.5) is 0 Å². The Balaban J connectivity index is 2.63. The third-order valence-electron chi connectivity index (χ3n) is 2.29. The standard InChI is InChI=1S/C12H19BrN2OS/c1-8-11(13)10(15(5)14-8)6-9(16)7-17-12(2,3)4/h6-7H2,1-5H3. The van der Waals surface area contributed by atoms with Crippen molar-refractivity contribution in [3.8, 4) is 0 Å². The van der Waals surface area contributed by atoms with Crippen LogP contribution in [-0.2, 0) is 18.3 Å². The Morgan fingerprint density at radius 3 is 2.47 bits per heavy atom. The summed E-state index contributed by atoms with van der Waals surface area (Å²) in [6.45, 7) is 8.29. The average molecular weight is 319 g/mol. The molecule has 0 aliphatic rings. The molecule has 96 valence electrons. The highest BCUT2D eigenvalue weighted by Gasteiger charge is 2.17. The topological polar surface area (TPSA) is 34.9 Å². The summed E-state index contributed by atoms with van der Waals surface area (Å²) in [6.07, 6.45) is 0.445. The lowest BCUT2D eigenvalue weighted by atomic mass is 10.2. The number of aryl methyl sites for hydroxylation is 2. The minimum absolute atomic E-state index is 0.134. The Morgan fingerprint density at radius 2 is 2.06 bits per heavy atom. The molecule has 1 aromatic heterocycles. The molecule has 5 heteroatoms. The zero-order valence-corrected chi connectivity index (χ0v) is 13.4. The van der Waals surface area contributed by atoms with E-state index in [0.717, 1.165) is 15.9 Å². The van der Waals surface area contributed by atoms with Crippen molar-refractivity contribution >= 4 is 33.5 Å². The predicted molar refractivity (Wildman–Crippen MR) is 76.6 cm³/mol. The van der Waals surface area contributed by atoms with Crippen molar-refractivity contribution in [2.45, 2.75) is 38.9 Å². The number of rotatable bonds is 4. The maximum atomic E-state index is 11.9. The molecule has 0 saturated heterocycles. The molecule has 0 aliphatic heterocycles. The molecule has 0 amide bonds. The summed E-state index contributed by atoms with van der Waals surface area (Å²) in [5.74, 6) is 0.800. The van der Waals surface area contributed by atoms with Gasteiger partial charge in [-0.1, -0.05) is 20.8 Å². The highest BCUT2D eigenvalue weighted by atomic mass is 79.9. The highest BCUT2D eigenvalue weighted by molar-refractivity contribution is 9.10. The maximum absolute atomic E-state index is 11.9. The molecule has 0 fully saturated rings. The first-order valence-corrected chi connectivity index (χ1v) is 7.32. The van der Waals surface area contributed by atoms with Crippen molar-refractivity contribution in [1.29, 1.82) is 0 Å². The van der Waals surface area contributed by atoms with E-state index in [0.29, 0.717) is 12.2 Å². The Morgan fingerprint density at radius 1 is 1.47 bits per heavy atom. The highest BCUT2D eigenvalue weighted by Crippen LogP contribution is 2.25. The van der Waals surface area contributed by atoms with Crippen molar-refractivity contribution in [1.82, 2.24) is 9.78 Å². The first-order chi connectivity index (χ1) is 7.70. The van der Waals surface area contributed by atoms with E-state index in [1.54, 1.807) is 16.4 Å². The van der Waals surface area contributed by atoms with Crippen molar-refractivity contribution < 1.29 is 4.79 Å². The van der Waals surface area contributed by atoms with E-state index in [2.05, 4.69) is 41.8 Å². The molecule has 1 heterocycles. The number of hydrogen-bond donors (Lipinski definition) is 0. The van der Waals surface area contributed by atoms with E-state index in [1.165, 1.54) is 0 Å². The zero-order valence-electron chi connectivity index (χ0n) is 11.0. The molecule has 1 rings (SSSR count). The second-order valence-corrected chi connectivity index (χ2v) is 7.68. The van der Waals surface area contributed by atoms with E-state index in [-0.39, 0.29) is 10.5 Å². The number of hydrogen-bond acceptors (Lipinski definition) is 3. The average Bonchev–Trinajstić information content (AvgIpc) is 2.41. The Bertz CT molecular complexity index is 421. The van der Waals surface area contributed by atoms with Crippen LogP contribution in [0, 0.1) is 6.92 Å². The molecule has 0 aliphatic carbocycles. The van der Waals surface area contributed by atoms with Gasteiger partial charge in [0.2, 0.25) is 0 Å². The number of Topliss-reactive ketones (excluding diaryl/α,β-unsaturated/α-hetero) is 1. The summed E-state index contributed by atoms with van der Waals surface area (Å²) >= 11 is 5.16. The van der Waals surface area contributed by atoms with Crippen molar-refractivity contribution in [3.05, 3.63) is 15.9 Å². The van der Waals surface area contributed by atoms with Crippen LogP contribution in [0.15, 0.2) is 4.47 Å². The van der Waals surface area contributed by atoms with Crippen LogP contribution in [0.1, 0.15) is 32.2 Å². The minimum Gasteiger partial charge on any atom is -0.298 e. The quantitative estimate of drug-likeness (QED) is 0.855. The number of thioether (sulfide) groups is 1. The minimum atomic E-state index is 0.134. The van der Waals surface area contributed by atoms with E-state index >= 15 is 0 Å². The molecule has 1 aromatic rings. The number of nitrogens with zero attached hydrogens (tertiary/aromatic N) is 2. The van der Waals surface area contributed by atoms with Gasteiger partial charge in [-0.3, -0.25) is 9.48 Å². The summed E-state index contributed by atoms with van der Waals surface area (Å²) in [5.41, 5.74) is 1.89. The molecule has 17 heavy (non-hydrogen) atoms. The van der Waals surface area contributed by atoms with Crippen LogP contribution in [-0.4, -0.2) is 26.1 Å². The van der Waals surface area contributed by atoms with Crippen LogP contribution >= 0.6 is 27.7 Å². The molecule has 0 N–H and O–H groups in total. The normalized spacial score (nSPS) is 11.9. The van der Waals surface area contributed by atoms with Crippen LogP contribution in [0.25, 0.3) is 0 Å².